The van der Waals surface area contributed by atoms with Gasteiger partial charge in [-0.1, -0.05) is 6.07 Å². The van der Waals surface area contributed by atoms with E-state index in [9.17, 15) is 0 Å². The van der Waals surface area contributed by atoms with E-state index in [2.05, 4.69) is 10.2 Å². The monoisotopic (exact) mass is 248 g/mol. The second-order valence-electron chi connectivity index (χ2n) is 4.93. The maximum atomic E-state index is 6.01. The van der Waals surface area contributed by atoms with Gasteiger partial charge >= 0.3 is 0 Å². The zero-order valence-corrected chi connectivity index (χ0v) is 10.8. The van der Waals surface area contributed by atoms with Crippen molar-refractivity contribution < 1.29 is 9.47 Å². The summed E-state index contributed by atoms with van der Waals surface area (Å²) in [5.41, 5.74) is 1.22. The number of benzene rings is 1. The van der Waals surface area contributed by atoms with Crippen LogP contribution in [0.3, 0.4) is 0 Å². The first kappa shape index (κ1) is 11.8. The maximum Gasteiger partial charge on any atom is 0.126 e. The molecule has 1 unspecified atom stereocenters. The van der Waals surface area contributed by atoms with Gasteiger partial charge in [0, 0.05) is 44.7 Å². The van der Waals surface area contributed by atoms with E-state index in [1.807, 2.05) is 18.2 Å². The highest BCUT2D eigenvalue weighted by molar-refractivity contribution is 5.47. The zero-order valence-electron chi connectivity index (χ0n) is 10.8. The first-order valence-corrected chi connectivity index (χ1v) is 6.62. The molecule has 0 aliphatic carbocycles. The third-order valence-electron chi connectivity index (χ3n) is 3.71. The highest BCUT2D eigenvalue weighted by Gasteiger charge is 2.27. The fraction of sp³-hybridized carbons (Fsp3) is 0.571. The molecule has 1 aromatic rings. The Kier molecular flexibility index (Phi) is 3.39. The lowest BCUT2D eigenvalue weighted by Crippen LogP contribution is -2.47. The minimum Gasteiger partial charge on any atom is -0.496 e. The van der Waals surface area contributed by atoms with Crippen molar-refractivity contribution in [3.63, 3.8) is 0 Å². The molecule has 4 nitrogen and oxygen atoms in total. The van der Waals surface area contributed by atoms with Crippen LogP contribution in [-0.4, -0.2) is 50.8 Å². The van der Waals surface area contributed by atoms with Crippen LogP contribution >= 0.6 is 0 Å². The van der Waals surface area contributed by atoms with Crippen LogP contribution in [0.5, 0.6) is 11.5 Å². The van der Waals surface area contributed by atoms with Crippen molar-refractivity contribution in [3.05, 3.63) is 23.8 Å². The predicted octanol–water partition coefficient (Wildman–Crippen LogP) is 0.904. The topological polar surface area (TPSA) is 33.7 Å². The number of hydrogen-bond acceptors (Lipinski definition) is 4. The molecule has 1 saturated heterocycles. The second-order valence-corrected chi connectivity index (χ2v) is 4.93. The van der Waals surface area contributed by atoms with Crippen LogP contribution in [0, 0.1) is 0 Å². The van der Waals surface area contributed by atoms with Gasteiger partial charge in [-0.2, -0.15) is 0 Å². The number of ether oxygens (including phenoxy) is 2. The Balaban J connectivity index is 1.65. The van der Waals surface area contributed by atoms with Gasteiger partial charge in [0.25, 0.3) is 0 Å². The highest BCUT2D eigenvalue weighted by atomic mass is 16.5. The first-order valence-electron chi connectivity index (χ1n) is 6.62. The van der Waals surface area contributed by atoms with Crippen LogP contribution in [-0.2, 0) is 6.42 Å². The third kappa shape index (κ3) is 2.31. The molecule has 98 valence electrons. The van der Waals surface area contributed by atoms with Crippen molar-refractivity contribution >= 4 is 0 Å². The molecule has 4 heteroatoms. The molecule has 2 heterocycles. The molecule has 2 aliphatic heterocycles. The van der Waals surface area contributed by atoms with Crippen molar-refractivity contribution in [1.29, 1.82) is 0 Å². The summed E-state index contributed by atoms with van der Waals surface area (Å²) in [6, 6.07) is 6.04. The average Bonchev–Trinajstić information content (AvgIpc) is 2.82. The van der Waals surface area contributed by atoms with Crippen molar-refractivity contribution in [2.45, 2.75) is 12.5 Å². The molecule has 0 bridgehead atoms. The van der Waals surface area contributed by atoms with Crippen LogP contribution < -0.4 is 14.8 Å². The molecule has 1 atom stereocenters. The third-order valence-corrected chi connectivity index (χ3v) is 3.71. The summed E-state index contributed by atoms with van der Waals surface area (Å²) in [5, 5.41) is 3.37. The summed E-state index contributed by atoms with van der Waals surface area (Å²) in [7, 11) is 1.72. The summed E-state index contributed by atoms with van der Waals surface area (Å²) >= 11 is 0. The number of piperazine rings is 1. The van der Waals surface area contributed by atoms with Crippen LogP contribution in [0.15, 0.2) is 18.2 Å². The van der Waals surface area contributed by atoms with Gasteiger partial charge in [-0.15, -0.1) is 0 Å². The molecular weight excluding hydrogens is 228 g/mol. The minimum absolute atomic E-state index is 0.273. The predicted molar refractivity (Wildman–Crippen MR) is 70.4 cm³/mol. The van der Waals surface area contributed by atoms with Gasteiger partial charge < -0.3 is 14.8 Å². The molecule has 1 N–H and O–H groups in total. The quantitative estimate of drug-likeness (QED) is 0.862. The number of rotatable bonds is 3. The standard InChI is InChI=1S/C14H20N2O2/c1-17-13-3-2-4-14-12(13)9-11(18-14)10-16-7-5-15-6-8-16/h2-4,11,15H,5-10H2,1H3. The molecule has 1 aromatic carbocycles. The Morgan fingerprint density at radius 1 is 1.39 bits per heavy atom. The molecule has 0 amide bonds. The van der Waals surface area contributed by atoms with E-state index < -0.39 is 0 Å². The number of nitrogens with one attached hydrogen (secondary N) is 1. The normalized spacial score (nSPS) is 23.5. The van der Waals surface area contributed by atoms with Gasteiger partial charge in [-0.05, 0) is 12.1 Å². The number of nitrogens with zero attached hydrogens (tertiary/aromatic N) is 1. The van der Waals surface area contributed by atoms with Crippen LogP contribution in [0.25, 0.3) is 0 Å². The Morgan fingerprint density at radius 2 is 2.22 bits per heavy atom. The second kappa shape index (κ2) is 5.16. The summed E-state index contributed by atoms with van der Waals surface area (Å²) in [4.78, 5) is 2.47. The fourth-order valence-electron chi connectivity index (χ4n) is 2.78. The summed E-state index contributed by atoms with van der Waals surface area (Å²) in [6.45, 7) is 5.42. The van der Waals surface area contributed by atoms with Crippen LogP contribution in [0.1, 0.15) is 5.56 Å². The Morgan fingerprint density at radius 3 is 3.00 bits per heavy atom. The lowest BCUT2D eigenvalue weighted by Gasteiger charge is -2.29. The molecule has 18 heavy (non-hydrogen) atoms. The van der Waals surface area contributed by atoms with Crippen molar-refractivity contribution in [2.75, 3.05) is 39.8 Å². The zero-order chi connectivity index (χ0) is 12.4. The van der Waals surface area contributed by atoms with Crippen LogP contribution in [0.2, 0.25) is 0 Å². The van der Waals surface area contributed by atoms with Crippen molar-refractivity contribution in [1.82, 2.24) is 10.2 Å². The number of methoxy groups -OCH3 is 1. The molecule has 3 rings (SSSR count). The smallest absolute Gasteiger partial charge is 0.126 e. The molecule has 0 saturated carbocycles. The van der Waals surface area contributed by atoms with E-state index in [1.165, 1.54) is 5.56 Å². The van der Waals surface area contributed by atoms with Gasteiger partial charge in [0.15, 0.2) is 0 Å². The van der Waals surface area contributed by atoms with Crippen LogP contribution in [0.4, 0.5) is 0 Å². The largest absolute Gasteiger partial charge is 0.496 e. The molecule has 0 radical (unpaired) electrons. The number of hydrogen-bond donors (Lipinski definition) is 1. The van der Waals surface area contributed by atoms with Gasteiger partial charge in [0.05, 0.1) is 7.11 Å². The van der Waals surface area contributed by atoms with E-state index in [0.29, 0.717) is 0 Å². The van der Waals surface area contributed by atoms with Gasteiger partial charge in [-0.3, -0.25) is 4.90 Å². The van der Waals surface area contributed by atoms with Gasteiger partial charge in [-0.25, -0.2) is 0 Å². The molecule has 1 fully saturated rings. The molecule has 2 aliphatic rings. The first-order chi connectivity index (χ1) is 8.86. The average molecular weight is 248 g/mol. The van der Waals surface area contributed by atoms with E-state index >= 15 is 0 Å². The lowest BCUT2D eigenvalue weighted by molar-refractivity contribution is 0.139. The van der Waals surface area contributed by atoms with E-state index in [-0.39, 0.29) is 6.10 Å². The van der Waals surface area contributed by atoms with Gasteiger partial charge in [0.2, 0.25) is 0 Å². The van der Waals surface area contributed by atoms with E-state index in [1.54, 1.807) is 7.11 Å². The minimum atomic E-state index is 0.273. The SMILES string of the molecule is COc1cccc2c1CC(CN1CCNCC1)O2. The summed E-state index contributed by atoms with van der Waals surface area (Å²) in [6.07, 6.45) is 1.23. The summed E-state index contributed by atoms with van der Waals surface area (Å²) in [5.74, 6) is 1.95. The van der Waals surface area contributed by atoms with Crippen molar-refractivity contribution in [2.24, 2.45) is 0 Å². The summed E-state index contributed by atoms with van der Waals surface area (Å²) < 4.78 is 11.4. The Bertz CT molecular complexity index is 416. The van der Waals surface area contributed by atoms with Crippen molar-refractivity contribution in [3.8, 4) is 11.5 Å². The fourth-order valence-corrected chi connectivity index (χ4v) is 2.78. The molecule has 0 spiro atoms. The highest BCUT2D eigenvalue weighted by Crippen LogP contribution is 2.35. The van der Waals surface area contributed by atoms with E-state index in [4.69, 9.17) is 9.47 Å². The van der Waals surface area contributed by atoms with E-state index in [0.717, 1.165) is 50.6 Å². The Hall–Kier alpha value is -1.26. The van der Waals surface area contributed by atoms with Gasteiger partial charge in [0.1, 0.15) is 17.6 Å². The molecular formula is C14H20N2O2. The number of fused-ring (bicyclic) bond motifs is 1. The maximum absolute atomic E-state index is 6.01. The lowest BCUT2D eigenvalue weighted by atomic mass is 10.1. The Labute approximate surface area is 108 Å². The molecule has 0 aromatic heterocycles.